The fraction of sp³-hybridized carbons (Fsp3) is 0.808. The molecular formula is C26H47NO6SSi2. The second-order valence-corrected chi connectivity index (χ2v) is 23.7. The van der Waals surface area contributed by atoms with E-state index in [0.717, 1.165) is 11.8 Å². The molecule has 1 amide bonds. The Kier molecular flexibility index (Phi) is 9.59. The van der Waals surface area contributed by atoms with Crippen molar-refractivity contribution in [2.45, 2.75) is 109 Å². The summed E-state index contributed by atoms with van der Waals surface area (Å²) in [5, 5.41) is -1.01. The van der Waals surface area contributed by atoms with E-state index in [1.807, 2.05) is 6.92 Å². The number of esters is 1. The first kappa shape index (κ1) is 31.3. The maximum absolute atomic E-state index is 13.5. The number of fused-ring (bicyclic) bond motifs is 1. The van der Waals surface area contributed by atoms with Gasteiger partial charge in [0.1, 0.15) is 6.61 Å². The maximum atomic E-state index is 13.5. The number of amides is 1. The smallest absolute Gasteiger partial charge is 0.340 e. The predicted molar refractivity (Wildman–Crippen MR) is 151 cm³/mol. The second-order valence-electron chi connectivity index (χ2n) is 13.1. The van der Waals surface area contributed by atoms with Gasteiger partial charge in [-0.05, 0) is 49.6 Å². The molecule has 0 bridgehead atoms. The summed E-state index contributed by atoms with van der Waals surface area (Å²) in [6.45, 7) is 27.7. The van der Waals surface area contributed by atoms with Gasteiger partial charge in [-0.25, -0.2) is 4.79 Å². The zero-order valence-corrected chi connectivity index (χ0v) is 26.9. The van der Waals surface area contributed by atoms with E-state index >= 15 is 0 Å². The fourth-order valence-corrected chi connectivity index (χ4v) is 7.84. The minimum absolute atomic E-state index is 0.0145. The van der Waals surface area contributed by atoms with E-state index in [1.54, 1.807) is 4.90 Å². The number of ether oxygens (including phenoxy) is 1. The van der Waals surface area contributed by atoms with Crippen LogP contribution in [0.25, 0.3) is 0 Å². The number of β-lactam (4-membered cyclic amide) rings is 1. The molecule has 2 aliphatic rings. The van der Waals surface area contributed by atoms with Crippen molar-refractivity contribution in [2.75, 3.05) is 13.2 Å². The Labute approximate surface area is 224 Å². The monoisotopic (exact) mass is 557 g/mol. The van der Waals surface area contributed by atoms with Crippen molar-refractivity contribution in [2.24, 2.45) is 11.8 Å². The van der Waals surface area contributed by atoms with Gasteiger partial charge in [-0.3, -0.25) is 9.59 Å². The molecule has 7 nitrogen and oxygen atoms in total. The Hall–Kier alpha value is -0.946. The van der Waals surface area contributed by atoms with Crippen molar-refractivity contribution in [1.82, 2.24) is 4.90 Å². The van der Waals surface area contributed by atoms with Crippen LogP contribution in [0.2, 0.25) is 36.3 Å². The van der Waals surface area contributed by atoms with Crippen LogP contribution in [0.5, 0.6) is 0 Å². The molecule has 0 aliphatic carbocycles. The molecule has 0 radical (unpaired) electrons. The van der Waals surface area contributed by atoms with Gasteiger partial charge in [-0.1, -0.05) is 66.0 Å². The van der Waals surface area contributed by atoms with Crippen molar-refractivity contribution in [3.8, 4) is 0 Å². The summed E-state index contributed by atoms with van der Waals surface area (Å²) in [6, 6.07) is -0.407. The fourth-order valence-electron chi connectivity index (χ4n) is 4.18. The second kappa shape index (κ2) is 11.0. The number of rotatable bonds is 10. The molecule has 5 atom stereocenters. The van der Waals surface area contributed by atoms with E-state index in [0.29, 0.717) is 13.0 Å². The molecule has 36 heavy (non-hydrogen) atoms. The standard InChI is InChI=1S/C26H47NO6SSi2/c1-13-15-31-23(29)22-27-20(19(21(27)28)17(2)33-36(11,12)26(6,7)8)18(24(30)34-22)14-16-32-35(9,10)25(3,4)5/h13,17-20,22H,1,14-16H2,2-12H3/t17-,18-,19-,20-,22?/m1/s1. The van der Waals surface area contributed by atoms with Gasteiger partial charge in [0.25, 0.3) is 0 Å². The summed E-state index contributed by atoms with van der Waals surface area (Å²) in [6.07, 6.45) is 1.62. The van der Waals surface area contributed by atoms with Crippen LogP contribution in [0.3, 0.4) is 0 Å². The van der Waals surface area contributed by atoms with Crippen molar-refractivity contribution < 1.29 is 28.0 Å². The molecule has 2 saturated heterocycles. The molecule has 0 aromatic rings. The highest BCUT2D eigenvalue weighted by Gasteiger charge is 2.63. The quantitative estimate of drug-likeness (QED) is 0.150. The van der Waals surface area contributed by atoms with Crippen LogP contribution in [0.4, 0.5) is 0 Å². The molecule has 2 fully saturated rings. The summed E-state index contributed by atoms with van der Waals surface area (Å²) in [5.41, 5.74) is 0. The largest absolute Gasteiger partial charge is 0.459 e. The predicted octanol–water partition coefficient (Wildman–Crippen LogP) is 5.58. The van der Waals surface area contributed by atoms with E-state index in [2.05, 4.69) is 74.3 Å². The molecule has 0 saturated carbocycles. The normalized spacial score (nSPS) is 26.2. The highest BCUT2D eigenvalue weighted by molar-refractivity contribution is 8.14. The summed E-state index contributed by atoms with van der Waals surface area (Å²) < 4.78 is 18.2. The third-order valence-corrected chi connectivity index (χ3v) is 18.7. The van der Waals surface area contributed by atoms with E-state index in [9.17, 15) is 14.4 Å². The van der Waals surface area contributed by atoms with E-state index in [-0.39, 0.29) is 33.8 Å². The summed E-state index contributed by atoms with van der Waals surface area (Å²) in [7, 11) is -4.13. The van der Waals surface area contributed by atoms with E-state index in [4.69, 9.17) is 13.6 Å². The van der Waals surface area contributed by atoms with Crippen molar-refractivity contribution in [3.63, 3.8) is 0 Å². The highest BCUT2D eigenvalue weighted by atomic mass is 32.2. The van der Waals surface area contributed by atoms with Crippen LogP contribution >= 0.6 is 11.8 Å². The van der Waals surface area contributed by atoms with Gasteiger partial charge in [0, 0.05) is 6.61 Å². The lowest BCUT2D eigenvalue weighted by molar-refractivity contribution is -0.178. The zero-order valence-electron chi connectivity index (χ0n) is 24.1. The molecular weight excluding hydrogens is 511 g/mol. The maximum Gasteiger partial charge on any atom is 0.340 e. The average Bonchev–Trinajstić information content (AvgIpc) is 2.70. The van der Waals surface area contributed by atoms with Gasteiger partial charge in [0.2, 0.25) is 5.91 Å². The summed E-state index contributed by atoms with van der Waals surface area (Å²) >= 11 is 0.895. The van der Waals surface area contributed by atoms with E-state index in [1.165, 1.54) is 6.08 Å². The molecule has 0 aromatic carbocycles. The first-order valence-corrected chi connectivity index (χ1v) is 19.6. The molecule has 2 heterocycles. The number of carbonyl (C=O) groups is 3. The van der Waals surface area contributed by atoms with E-state index < -0.39 is 45.9 Å². The van der Waals surface area contributed by atoms with Gasteiger partial charge in [-0.15, -0.1) is 0 Å². The topological polar surface area (TPSA) is 82.1 Å². The number of nitrogens with zero attached hydrogens (tertiary/aromatic N) is 1. The molecule has 0 N–H and O–H groups in total. The molecule has 0 aromatic heterocycles. The van der Waals surface area contributed by atoms with Crippen molar-refractivity contribution in [3.05, 3.63) is 12.7 Å². The third-order valence-electron chi connectivity index (χ3n) is 8.46. The van der Waals surface area contributed by atoms with Crippen LogP contribution in [0.1, 0.15) is 54.9 Å². The Bertz CT molecular complexity index is 863. The lowest BCUT2D eigenvalue weighted by Gasteiger charge is -2.57. The number of carbonyl (C=O) groups excluding carboxylic acids is 3. The summed E-state index contributed by atoms with van der Waals surface area (Å²) in [5.74, 6) is -1.63. The van der Waals surface area contributed by atoms with Crippen LogP contribution < -0.4 is 0 Å². The SMILES string of the molecule is C=CCOC(=O)C1SC(=O)[C@H](CCO[Si](C)(C)C(C)(C)C)[C@@H]2[C@@H]([C@@H](C)O[Si](C)(C)C(C)(C)C)C(=O)N12. The Morgan fingerprint density at radius 1 is 1.08 bits per heavy atom. The average molecular weight is 558 g/mol. The number of hydrogen-bond donors (Lipinski definition) is 0. The van der Waals surface area contributed by atoms with Gasteiger partial charge in [0.05, 0.1) is 24.0 Å². The zero-order chi connectivity index (χ0) is 27.9. The van der Waals surface area contributed by atoms with Crippen LogP contribution in [0, 0.1) is 11.8 Å². The third kappa shape index (κ3) is 6.36. The number of thioether (sulfide) groups is 1. The minimum atomic E-state index is -2.15. The molecule has 206 valence electrons. The minimum Gasteiger partial charge on any atom is -0.459 e. The molecule has 10 heteroatoms. The molecule has 2 aliphatic heterocycles. The molecule has 2 rings (SSSR count). The Balaban J connectivity index is 2.30. The first-order valence-electron chi connectivity index (χ1n) is 12.9. The first-order chi connectivity index (χ1) is 16.3. The number of hydrogen-bond acceptors (Lipinski definition) is 7. The van der Waals surface area contributed by atoms with Gasteiger partial charge in [0.15, 0.2) is 27.1 Å². The van der Waals surface area contributed by atoms with Crippen LogP contribution in [-0.2, 0) is 28.0 Å². The molecule has 0 spiro atoms. The summed E-state index contributed by atoms with van der Waals surface area (Å²) in [4.78, 5) is 41.1. The highest BCUT2D eigenvalue weighted by Crippen LogP contribution is 2.49. The van der Waals surface area contributed by atoms with Crippen LogP contribution in [0.15, 0.2) is 12.7 Å². The molecule has 1 unspecified atom stereocenters. The van der Waals surface area contributed by atoms with Gasteiger partial charge < -0.3 is 18.5 Å². The van der Waals surface area contributed by atoms with Gasteiger partial charge in [-0.2, -0.15) is 0 Å². The van der Waals surface area contributed by atoms with Crippen LogP contribution in [-0.4, -0.2) is 69.3 Å². The van der Waals surface area contributed by atoms with Gasteiger partial charge >= 0.3 is 5.97 Å². The lowest BCUT2D eigenvalue weighted by atomic mass is 9.75. The Morgan fingerprint density at radius 3 is 2.14 bits per heavy atom. The van der Waals surface area contributed by atoms with Crippen molar-refractivity contribution in [1.29, 1.82) is 0 Å². The van der Waals surface area contributed by atoms with Crippen molar-refractivity contribution >= 4 is 45.4 Å². The Morgan fingerprint density at radius 2 is 1.64 bits per heavy atom. The lowest BCUT2D eigenvalue weighted by Crippen LogP contribution is -2.74.